The number of hydrogen-bond acceptors (Lipinski definition) is 2. The summed E-state index contributed by atoms with van der Waals surface area (Å²) in [5, 5.41) is 6.92. The Morgan fingerprint density at radius 3 is 2.16 bits per heavy atom. The van der Waals surface area contributed by atoms with Gasteiger partial charge in [0.15, 0.2) is 5.11 Å². The summed E-state index contributed by atoms with van der Waals surface area (Å²) < 4.78 is 2.07. The lowest BCUT2D eigenvalue weighted by molar-refractivity contribution is 1.09. The molecule has 4 aromatic rings. The fraction of sp³-hybridized carbons (Fsp3) is 0. The molecule has 0 unspecified atom stereocenters. The highest BCUT2D eigenvalue weighted by atomic mass is 32.1. The average Bonchev–Trinajstić information content (AvgIpc) is 3.07. The molecule has 0 fully saturated rings. The van der Waals surface area contributed by atoms with Crippen molar-refractivity contribution in [2.45, 2.75) is 0 Å². The zero-order valence-electron chi connectivity index (χ0n) is 13.4. The maximum atomic E-state index is 5.36. The highest BCUT2D eigenvalue weighted by Crippen LogP contribution is 2.19. The Morgan fingerprint density at radius 2 is 1.40 bits per heavy atom. The van der Waals surface area contributed by atoms with Crippen LogP contribution in [0, 0.1) is 0 Å². The number of hydrogen-bond donors (Lipinski definition) is 2. The molecule has 0 aliphatic carbocycles. The van der Waals surface area contributed by atoms with E-state index in [0.29, 0.717) is 5.11 Å². The Labute approximate surface area is 151 Å². The van der Waals surface area contributed by atoms with Crippen LogP contribution in [0.5, 0.6) is 0 Å². The van der Waals surface area contributed by atoms with Crippen molar-refractivity contribution < 1.29 is 0 Å². The minimum atomic E-state index is 0.562. The molecule has 0 amide bonds. The summed E-state index contributed by atoms with van der Waals surface area (Å²) in [5.41, 5.74) is 5.02. The second-order valence-electron chi connectivity index (χ2n) is 5.60. The second kappa shape index (κ2) is 6.75. The molecule has 0 saturated heterocycles. The Morgan fingerprint density at radius 1 is 0.760 bits per heavy atom. The first-order chi connectivity index (χ1) is 12.3. The molecular weight excluding hydrogens is 328 g/mol. The number of benzene rings is 3. The Bertz CT molecular complexity index is 1010. The molecule has 0 atom stereocenters. The van der Waals surface area contributed by atoms with E-state index in [1.165, 1.54) is 0 Å². The molecule has 4 nitrogen and oxygen atoms in total. The van der Waals surface area contributed by atoms with E-state index >= 15 is 0 Å². The number of anilines is 2. The Kier molecular flexibility index (Phi) is 4.14. The number of nitrogens with zero attached hydrogens (tertiary/aromatic N) is 2. The lowest BCUT2D eigenvalue weighted by Gasteiger charge is -2.11. The standard InChI is InChI=1S/C20H16N4S/c25-20(22-15-6-2-1-3-7-15)23-16-10-12-17(13-11-16)24-14-21-18-8-4-5-9-19(18)24/h1-14H,(H2,22,23,25). The van der Waals surface area contributed by atoms with Crippen LogP contribution < -0.4 is 10.6 Å². The molecule has 0 bridgehead atoms. The molecule has 4 rings (SSSR count). The van der Waals surface area contributed by atoms with Gasteiger partial charge in [-0.25, -0.2) is 4.98 Å². The maximum Gasteiger partial charge on any atom is 0.175 e. The van der Waals surface area contributed by atoms with E-state index in [2.05, 4.69) is 26.3 Å². The van der Waals surface area contributed by atoms with Gasteiger partial charge in [-0.2, -0.15) is 0 Å². The normalized spacial score (nSPS) is 10.6. The van der Waals surface area contributed by atoms with Crippen LogP contribution in [0.3, 0.4) is 0 Å². The predicted molar refractivity (Wildman–Crippen MR) is 107 cm³/mol. The minimum Gasteiger partial charge on any atom is -0.332 e. The van der Waals surface area contributed by atoms with Gasteiger partial charge in [0.2, 0.25) is 0 Å². The van der Waals surface area contributed by atoms with Gasteiger partial charge in [0.25, 0.3) is 0 Å². The molecule has 0 aliphatic heterocycles. The van der Waals surface area contributed by atoms with Crippen molar-refractivity contribution in [3.05, 3.63) is 85.2 Å². The monoisotopic (exact) mass is 344 g/mol. The van der Waals surface area contributed by atoms with Crippen molar-refractivity contribution in [1.82, 2.24) is 9.55 Å². The first kappa shape index (κ1) is 15.4. The van der Waals surface area contributed by atoms with Crippen molar-refractivity contribution in [3.63, 3.8) is 0 Å². The summed E-state index contributed by atoms with van der Waals surface area (Å²) in [5.74, 6) is 0. The molecular formula is C20H16N4S. The fourth-order valence-electron chi connectivity index (χ4n) is 2.69. The van der Waals surface area contributed by atoms with Gasteiger partial charge in [-0.15, -0.1) is 0 Å². The quantitative estimate of drug-likeness (QED) is 0.522. The van der Waals surface area contributed by atoms with Crippen molar-refractivity contribution in [2.75, 3.05) is 10.6 Å². The van der Waals surface area contributed by atoms with Gasteiger partial charge in [0.05, 0.1) is 11.0 Å². The summed E-state index contributed by atoms with van der Waals surface area (Å²) in [6.45, 7) is 0. The third-order valence-corrected chi connectivity index (χ3v) is 4.09. The average molecular weight is 344 g/mol. The van der Waals surface area contributed by atoms with Crippen molar-refractivity contribution in [3.8, 4) is 5.69 Å². The molecule has 122 valence electrons. The summed E-state index contributed by atoms with van der Waals surface area (Å²) in [7, 11) is 0. The van der Waals surface area contributed by atoms with Crippen LogP contribution in [0.15, 0.2) is 85.2 Å². The molecule has 3 aromatic carbocycles. The minimum absolute atomic E-state index is 0.562. The lowest BCUT2D eigenvalue weighted by atomic mass is 10.2. The van der Waals surface area contributed by atoms with Gasteiger partial charge >= 0.3 is 0 Å². The largest absolute Gasteiger partial charge is 0.332 e. The number of nitrogens with one attached hydrogen (secondary N) is 2. The third-order valence-electron chi connectivity index (χ3n) is 3.89. The Hall–Kier alpha value is -3.18. The van der Waals surface area contributed by atoms with E-state index in [1.807, 2.05) is 79.1 Å². The summed E-state index contributed by atoms with van der Waals surface area (Å²) in [4.78, 5) is 4.43. The van der Waals surface area contributed by atoms with Crippen LogP contribution in [-0.2, 0) is 0 Å². The zero-order chi connectivity index (χ0) is 17.1. The summed E-state index contributed by atoms with van der Waals surface area (Å²) >= 11 is 5.36. The van der Waals surface area contributed by atoms with E-state index in [4.69, 9.17) is 12.2 Å². The summed E-state index contributed by atoms with van der Waals surface area (Å²) in [6, 6.07) is 26.0. The molecule has 0 aliphatic rings. The Balaban J connectivity index is 1.49. The maximum absolute atomic E-state index is 5.36. The first-order valence-electron chi connectivity index (χ1n) is 7.95. The number of aromatic nitrogens is 2. The molecule has 0 spiro atoms. The number of para-hydroxylation sites is 3. The molecule has 1 aromatic heterocycles. The SMILES string of the molecule is S=C(Nc1ccccc1)Nc1ccc(-n2cnc3ccccc32)cc1. The number of imidazole rings is 1. The van der Waals surface area contributed by atoms with E-state index in [-0.39, 0.29) is 0 Å². The predicted octanol–water partition coefficient (Wildman–Crippen LogP) is 4.83. The smallest absolute Gasteiger partial charge is 0.175 e. The van der Waals surface area contributed by atoms with Crippen LogP contribution in [0.1, 0.15) is 0 Å². The van der Waals surface area contributed by atoms with Crippen LogP contribution in [0.4, 0.5) is 11.4 Å². The first-order valence-corrected chi connectivity index (χ1v) is 8.36. The van der Waals surface area contributed by atoms with Gasteiger partial charge in [0, 0.05) is 17.1 Å². The molecule has 0 radical (unpaired) electrons. The lowest BCUT2D eigenvalue weighted by Crippen LogP contribution is -2.18. The van der Waals surface area contributed by atoms with E-state index in [1.54, 1.807) is 0 Å². The number of thiocarbonyl (C=S) groups is 1. The van der Waals surface area contributed by atoms with Crippen molar-refractivity contribution in [2.24, 2.45) is 0 Å². The second-order valence-corrected chi connectivity index (χ2v) is 6.00. The van der Waals surface area contributed by atoms with Crippen molar-refractivity contribution in [1.29, 1.82) is 0 Å². The van der Waals surface area contributed by atoms with Crippen LogP contribution >= 0.6 is 12.2 Å². The highest BCUT2D eigenvalue weighted by Gasteiger charge is 2.04. The van der Waals surface area contributed by atoms with Gasteiger partial charge < -0.3 is 10.6 Å². The van der Waals surface area contributed by atoms with Crippen molar-refractivity contribution >= 4 is 39.7 Å². The van der Waals surface area contributed by atoms with Gasteiger partial charge in [0.1, 0.15) is 6.33 Å². The summed E-state index contributed by atoms with van der Waals surface area (Å²) in [6.07, 6.45) is 1.84. The van der Waals surface area contributed by atoms with Gasteiger partial charge in [-0.1, -0.05) is 30.3 Å². The molecule has 0 saturated carbocycles. The molecule has 5 heteroatoms. The number of rotatable bonds is 3. The third kappa shape index (κ3) is 3.36. The molecule has 25 heavy (non-hydrogen) atoms. The van der Waals surface area contributed by atoms with Crippen LogP contribution in [-0.4, -0.2) is 14.7 Å². The fourth-order valence-corrected chi connectivity index (χ4v) is 2.92. The topological polar surface area (TPSA) is 41.9 Å². The van der Waals surface area contributed by atoms with Crippen LogP contribution in [0.25, 0.3) is 16.7 Å². The van der Waals surface area contributed by atoms with Gasteiger partial charge in [-0.3, -0.25) is 4.57 Å². The van der Waals surface area contributed by atoms with E-state index < -0.39 is 0 Å². The van der Waals surface area contributed by atoms with E-state index in [9.17, 15) is 0 Å². The highest BCUT2D eigenvalue weighted by molar-refractivity contribution is 7.80. The number of fused-ring (bicyclic) bond motifs is 1. The molecule has 1 heterocycles. The zero-order valence-corrected chi connectivity index (χ0v) is 14.2. The molecule has 2 N–H and O–H groups in total. The van der Waals surface area contributed by atoms with E-state index in [0.717, 1.165) is 28.1 Å². The van der Waals surface area contributed by atoms with Crippen LogP contribution in [0.2, 0.25) is 0 Å². The van der Waals surface area contributed by atoms with Gasteiger partial charge in [-0.05, 0) is 60.7 Å².